The Bertz CT molecular complexity index is 1200. The van der Waals surface area contributed by atoms with Crippen molar-refractivity contribution >= 4 is 39.1 Å². The number of aromatic nitrogens is 3. The van der Waals surface area contributed by atoms with Crippen LogP contribution in [0.5, 0.6) is 5.75 Å². The molecule has 1 aromatic heterocycles. The number of nitrogens with one attached hydrogen (secondary N) is 1. The van der Waals surface area contributed by atoms with Crippen molar-refractivity contribution in [1.29, 1.82) is 0 Å². The number of aryl methyl sites for hydroxylation is 1. The van der Waals surface area contributed by atoms with Crippen molar-refractivity contribution < 1.29 is 17.9 Å². The molecular formula is C21H25N5O4S2. The van der Waals surface area contributed by atoms with Crippen molar-refractivity contribution in [1.82, 2.24) is 14.8 Å². The van der Waals surface area contributed by atoms with Crippen LogP contribution in [0.4, 0.5) is 11.4 Å². The summed E-state index contributed by atoms with van der Waals surface area (Å²) in [5.74, 6) is 0.932. The highest BCUT2D eigenvalue weighted by molar-refractivity contribution is 7.99. The van der Waals surface area contributed by atoms with Crippen LogP contribution in [0.1, 0.15) is 11.4 Å². The summed E-state index contributed by atoms with van der Waals surface area (Å²) in [5, 5.41) is 11.6. The second-order valence-corrected chi connectivity index (χ2v) is 9.95. The number of hydrogen-bond acceptors (Lipinski definition) is 7. The van der Waals surface area contributed by atoms with Crippen LogP contribution in [0.15, 0.2) is 53.7 Å². The van der Waals surface area contributed by atoms with Crippen LogP contribution in [0.25, 0.3) is 0 Å². The van der Waals surface area contributed by atoms with Crippen LogP contribution in [0.2, 0.25) is 0 Å². The van der Waals surface area contributed by atoms with E-state index in [0.29, 0.717) is 28.1 Å². The minimum absolute atomic E-state index is 0.0274. The van der Waals surface area contributed by atoms with Gasteiger partial charge in [-0.05, 0) is 36.8 Å². The summed E-state index contributed by atoms with van der Waals surface area (Å²) in [7, 11) is -0.237. The Balaban J connectivity index is 1.68. The molecule has 0 aliphatic heterocycles. The summed E-state index contributed by atoms with van der Waals surface area (Å²) in [6.07, 6.45) is 1.15. The SMILES string of the molecule is COc1ccc(C)cc1NC(=O)CSc1nnc(CN(c2ccccc2)S(C)(=O)=O)n1C. The van der Waals surface area contributed by atoms with Crippen molar-refractivity contribution in [2.24, 2.45) is 7.05 Å². The largest absolute Gasteiger partial charge is 0.495 e. The van der Waals surface area contributed by atoms with Crippen LogP contribution in [0, 0.1) is 6.92 Å². The van der Waals surface area contributed by atoms with Gasteiger partial charge in [0.15, 0.2) is 11.0 Å². The van der Waals surface area contributed by atoms with E-state index in [1.54, 1.807) is 49.1 Å². The third-order valence-corrected chi connectivity index (χ3v) is 6.78. The first-order chi connectivity index (χ1) is 15.2. The molecule has 0 aliphatic rings. The Morgan fingerprint density at radius 1 is 1.19 bits per heavy atom. The lowest BCUT2D eigenvalue weighted by molar-refractivity contribution is -0.113. The van der Waals surface area contributed by atoms with Crippen LogP contribution < -0.4 is 14.4 Å². The van der Waals surface area contributed by atoms with Gasteiger partial charge in [-0.2, -0.15) is 0 Å². The minimum atomic E-state index is -3.52. The number of methoxy groups -OCH3 is 1. The molecule has 1 amide bonds. The zero-order valence-corrected chi connectivity index (χ0v) is 19.9. The van der Waals surface area contributed by atoms with Crippen molar-refractivity contribution in [3.63, 3.8) is 0 Å². The van der Waals surface area contributed by atoms with E-state index in [4.69, 9.17) is 4.74 Å². The molecule has 0 fully saturated rings. The minimum Gasteiger partial charge on any atom is -0.495 e. The summed E-state index contributed by atoms with van der Waals surface area (Å²) in [5.41, 5.74) is 2.14. The second-order valence-electron chi connectivity index (χ2n) is 7.10. The lowest BCUT2D eigenvalue weighted by atomic mass is 10.2. The normalized spacial score (nSPS) is 11.2. The number of amides is 1. The number of carbonyl (C=O) groups is 1. The fraction of sp³-hybridized carbons (Fsp3) is 0.286. The van der Waals surface area contributed by atoms with Gasteiger partial charge in [-0.1, -0.05) is 36.0 Å². The number of nitrogens with zero attached hydrogens (tertiary/aromatic N) is 4. The van der Waals surface area contributed by atoms with E-state index in [1.165, 1.54) is 16.1 Å². The van der Waals surface area contributed by atoms with Gasteiger partial charge in [0.2, 0.25) is 15.9 Å². The Morgan fingerprint density at radius 2 is 1.91 bits per heavy atom. The predicted molar refractivity (Wildman–Crippen MR) is 126 cm³/mol. The zero-order valence-electron chi connectivity index (χ0n) is 18.3. The quantitative estimate of drug-likeness (QED) is 0.474. The van der Waals surface area contributed by atoms with E-state index < -0.39 is 10.0 Å². The molecule has 0 saturated heterocycles. The first kappa shape index (κ1) is 23.6. The Kier molecular flexibility index (Phi) is 7.41. The van der Waals surface area contributed by atoms with Gasteiger partial charge in [0.25, 0.3) is 0 Å². The zero-order chi connectivity index (χ0) is 23.3. The highest BCUT2D eigenvalue weighted by Gasteiger charge is 2.21. The van der Waals surface area contributed by atoms with Crippen LogP contribution in [0.3, 0.4) is 0 Å². The van der Waals surface area contributed by atoms with E-state index in [1.807, 2.05) is 25.1 Å². The molecule has 1 heterocycles. The monoisotopic (exact) mass is 475 g/mol. The van der Waals surface area contributed by atoms with Gasteiger partial charge in [0.05, 0.1) is 37.0 Å². The first-order valence-electron chi connectivity index (χ1n) is 9.67. The fourth-order valence-corrected chi connectivity index (χ4v) is 4.55. The van der Waals surface area contributed by atoms with Crippen molar-refractivity contribution in [2.75, 3.05) is 28.7 Å². The molecule has 0 spiro atoms. The van der Waals surface area contributed by atoms with E-state index in [-0.39, 0.29) is 18.2 Å². The maximum atomic E-state index is 12.4. The molecule has 11 heteroatoms. The van der Waals surface area contributed by atoms with Gasteiger partial charge in [0, 0.05) is 7.05 Å². The number of hydrogen-bond donors (Lipinski definition) is 1. The van der Waals surface area contributed by atoms with E-state index >= 15 is 0 Å². The van der Waals surface area contributed by atoms with Gasteiger partial charge in [-0.3, -0.25) is 9.10 Å². The lowest BCUT2D eigenvalue weighted by Crippen LogP contribution is -2.30. The predicted octanol–water partition coefficient (Wildman–Crippen LogP) is 2.83. The summed E-state index contributed by atoms with van der Waals surface area (Å²) in [6.45, 7) is 1.96. The number of para-hydroxylation sites is 1. The Labute approximate surface area is 191 Å². The Morgan fingerprint density at radius 3 is 2.56 bits per heavy atom. The van der Waals surface area contributed by atoms with Gasteiger partial charge >= 0.3 is 0 Å². The molecule has 0 unspecified atom stereocenters. The second kappa shape index (κ2) is 10.0. The highest BCUT2D eigenvalue weighted by Crippen LogP contribution is 2.26. The molecule has 3 aromatic rings. The molecule has 32 heavy (non-hydrogen) atoms. The fourth-order valence-electron chi connectivity index (χ4n) is 2.97. The third kappa shape index (κ3) is 5.80. The first-order valence-corrected chi connectivity index (χ1v) is 12.5. The number of sulfonamides is 1. The number of anilines is 2. The summed E-state index contributed by atoms with van der Waals surface area (Å²) < 4.78 is 32.9. The van der Waals surface area contributed by atoms with Crippen LogP contribution >= 0.6 is 11.8 Å². The molecule has 1 N–H and O–H groups in total. The van der Waals surface area contributed by atoms with Crippen LogP contribution in [-0.2, 0) is 28.4 Å². The standard InChI is InChI=1S/C21H25N5O4S2/c1-15-10-11-18(30-3)17(12-15)22-20(27)14-31-21-24-23-19(25(21)2)13-26(32(4,28)29)16-8-6-5-7-9-16/h5-12H,13-14H2,1-4H3,(H,22,27). The summed E-state index contributed by atoms with van der Waals surface area (Å²) >= 11 is 1.21. The van der Waals surface area contributed by atoms with Crippen LogP contribution in [-0.4, -0.2) is 48.2 Å². The third-order valence-electron chi connectivity index (χ3n) is 4.62. The van der Waals surface area contributed by atoms with Crippen molar-refractivity contribution in [3.05, 3.63) is 59.9 Å². The summed E-state index contributed by atoms with van der Waals surface area (Å²) in [6, 6.07) is 14.3. The maximum Gasteiger partial charge on any atom is 0.234 e. The molecule has 0 aliphatic carbocycles. The van der Waals surface area contributed by atoms with E-state index in [2.05, 4.69) is 15.5 Å². The average Bonchev–Trinajstić information content (AvgIpc) is 3.10. The molecule has 0 saturated carbocycles. The van der Waals surface area contributed by atoms with Crippen molar-refractivity contribution in [3.8, 4) is 5.75 Å². The number of benzene rings is 2. The smallest absolute Gasteiger partial charge is 0.234 e. The van der Waals surface area contributed by atoms with Gasteiger partial charge in [0.1, 0.15) is 5.75 Å². The van der Waals surface area contributed by atoms with Gasteiger partial charge < -0.3 is 14.6 Å². The molecule has 0 bridgehead atoms. The summed E-state index contributed by atoms with van der Waals surface area (Å²) in [4.78, 5) is 12.4. The van der Waals surface area contributed by atoms with Crippen molar-refractivity contribution in [2.45, 2.75) is 18.6 Å². The number of rotatable bonds is 9. The number of thioether (sulfide) groups is 1. The molecule has 0 atom stereocenters. The highest BCUT2D eigenvalue weighted by atomic mass is 32.2. The molecule has 170 valence electrons. The molecule has 2 aromatic carbocycles. The Hall–Kier alpha value is -3.05. The molecule has 0 radical (unpaired) electrons. The molecular weight excluding hydrogens is 450 g/mol. The van der Waals surface area contributed by atoms with Gasteiger partial charge in [-0.15, -0.1) is 10.2 Å². The molecule has 3 rings (SSSR count). The number of carbonyl (C=O) groups excluding carboxylic acids is 1. The molecule has 9 nitrogen and oxygen atoms in total. The topological polar surface area (TPSA) is 106 Å². The van der Waals surface area contributed by atoms with Gasteiger partial charge in [-0.25, -0.2) is 8.42 Å². The van der Waals surface area contributed by atoms with E-state index in [0.717, 1.165) is 11.8 Å². The number of ether oxygens (including phenoxy) is 1. The van der Waals surface area contributed by atoms with E-state index in [9.17, 15) is 13.2 Å². The maximum absolute atomic E-state index is 12.4. The lowest BCUT2D eigenvalue weighted by Gasteiger charge is -2.21. The average molecular weight is 476 g/mol.